The van der Waals surface area contributed by atoms with E-state index in [-0.39, 0.29) is 24.4 Å². The summed E-state index contributed by atoms with van der Waals surface area (Å²) in [6.07, 6.45) is 18.5. The van der Waals surface area contributed by atoms with Crippen LogP contribution in [0.2, 0.25) is 0 Å². The molecule has 192 valence electrons. The van der Waals surface area contributed by atoms with Gasteiger partial charge in [0.15, 0.2) is 6.04 Å². The van der Waals surface area contributed by atoms with Gasteiger partial charge in [-0.3, -0.25) is 0 Å². The highest BCUT2D eigenvalue weighted by Gasteiger charge is 2.35. The van der Waals surface area contributed by atoms with E-state index in [9.17, 15) is 4.79 Å². The normalized spacial score (nSPS) is 12.2. The number of hydrogen-bond acceptors (Lipinski definition) is 2. The number of carbonyl (C=O) groups is 1. The lowest BCUT2D eigenvalue weighted by molar-refractivity contribution is -0.920. The lowest BCUT2D eigenvalue weighted by atomic mass is 10.0. The number of halogens is 1. The molecule has 1 rings (SSSR count). The van der Waals surface area contributed by atoms with Crippen molar-refractivity contribution in [3.05, 3.63) is 35.9 Å². The first kappa shape index (κ1) is 31.9. The van der Waals surface area contributed by atoms with E-state index in [2.05, 4.69) is 58.3 Å². The monoisotopic (exact) mass is 482 g/mol. The first-order valence-corrected chi connectivity index (χ1v) is 13.5. The zero-order chi connectivity index (χ0) is 23.5. The van der Waals surface area contributed by atoms with Crippen molar-refractivity contribution in [1.82, 2.24) is 0 Å². The molecular formula is C29H53ClNO2+. The first-order valence-electron chi connectivity index (χ1n) is 13.5. The highest BCUT2D eigenvalue weighted by molar-refractivity contribution is 5.85. The average molecular weight is 483 g/mol. The molecule has 1 atom stereocenters. The number of ether oxygens (including phenoxy) is 1. The van der Waals surface area contributed by atoms with Crippen molar-refractivity contribution in [3.63, 3.8) is 0 Å². The van der Waals surface area contributed by atoms with Gasteiger partial charge in [0.1, 0.15) is 6.54 Å². The zero-order valence-corrected chi connectivity index (χ0v) is 23.0. The lowest BCUT2D eigenvalue weighted by Gasteiger charge is -2.36. The molecule has 0 saturated carbocycles. The third kappa shape index (κ3) is 15.5. The van der Waals surface area contributed by atoms with E-state index in [1.54, 1.807) is 0 Å². The summed E-state index contributed by atoms with van der Waals surface area (Å²) in [5.74, 6) is 0.00225. The molecule has 0 fully saturated rings. The molecule has 0 aromatic heterocycles. The number of quaternary nitrogens is 1. The minimum absolute atomic E-state index is 0. The summed E-state index contributed by atoms with van der Waals surface area (Å²) in [6, 6.07) is 10.5. The molecule has 0 aliphatic rings. The molecule has 4 heteroatoms. The third-order valence-electron chi connectivity index (χ3n) is 6.62. The van der Waals surface area contributed by atoms with E-state index in [0.717, 1.165) is 32.2 Å². The van der Waals surface area contributed by atoms with Crippen molar-refractivity contribution in [2.45, 2.75) is 123 Å². The van der Waals surface area contributed by atoms with Crippen LogP contribution in [-0.4, -0.2) is 37.2 Å². The van der Waals surface area contributed by atoms with Crippen molar-refractivity contribution in [2.24, 2.45) is 0 Å². The van der Waals surface area contributed by atoms with Crippen LogP contribution < -0.4 is 0 Å². The molecule has 0 bridgehead atoms. The molecule has 0 spiro atoms. The summed E-state index contributed by atoms with van der Waals surface area (Å²) in [5.41, 5.74) is 1.28. The van der Waals surface area contributed by atoms with E-state index >= 15 is 0 Å². The minimum atomic E-state index is -0.0876. The van der Waals surface area contributed by atoms with Gasteiger partial charge in [0, 0.05) is 12.0 Å². The molecule has 1 aromatic rings. The lowest BCUT2D eigenvalue weighted by Crippen LogP contribution is -2.52. The molecule has 3 nitrogen and oxygen atoms in total. The molecular weight excluding hydrogens is 430 g/mol. The number of likely N-dealkylation sites (N-methyl/N-ethyl adjacent to an activating group) is 1. The van der Waals surface area contributed by atoms with Gasteiger partial charge in [-0.15, -0.1) is 12.4 Å². The second kappa shape index (κ2) is 20.3. The smallest absolute Gasteiger partial charge is 0.364 e. The van der Waals surface area contributed by atoms with Crippen molar-refractivity contribution in [2.75, 3.05) is 20.7 Å². The van der Waals surface area contributed by atoms with Crippen LogP contribution in [0.1, 0.15) is 116 Å². The molecule has 0 radical (unpaired) electrons. The van der Waals surface area contributed by atoms with Crippen LogP contribution in [0.15, 0.2) is 30.3 Å². The Bertz CT molecular complexity index is 576. The van der Waals surface area contributed by atoms with Gasteiger partial charge < -0.3 is 9.22 Å². The van der Waals surface area contributed by atoms with Crippen LogP contribution in [0.3, 0.4) is 0 Å². The predicted octanol–water partition coefficient (Wildman–Crippen LogP) is 8.49. The van der Waals surface area contributed by atoms with E-state index in [1.807, 2.05) is 0 Å². The summed E-state index contributed by atoms with van der Waals surface area (Å²) in [5, 5.41) is 0. The topological polar surface area (TPSA) is 26.3 Å². The maximum absolute atomic E-state index is 13.1. The summed E-state index contributed by atoms with van der Waals surface area (Å²) in [6.45, 7) is 5.93. The molecule has 0 aliphatic heterocycles. The molecule has 0 aliphatic carbocycles. The van der Waals surface area contributed by atoms with Crippen molar-refractivity contribution in [3.8, 4) is 0 Å². The predicted molar refractivity (Wildman–Crippen MR) is 145 cm³/mol. The number of hydrogen-bond donors (Lipinski definition) is 0. The average Bonchev–Trinajstić information content (AvgIpc) is 2.77. The van der Waals surface area contributed by atoms with Gasteiger partial charge in [-0.1, -0.05) is 121 Å². The van der Waals surface area contributed by atoms with Gasteiger partial charge in [0.25, 0.3) is 0 Å². The van der Waals surface area contributed by atoms with Crippen LogP contribution in [0.5, 0.6) is 0 Å². The van der Waals surface area contributed by atoms with E-state index in [1.165, 1.54) is 76.2 Å². The Morgan fingerprint density at radius 3 is 1.79 bits per heavy atom. The Kier molecular flexibility index (Phi) is 19.7. The van der Waals surface area contributed by atoms with Crippen LogP contribution in [-0.2, 0) is 16.1 Å². The Morgan fingerprint density at radius 1 is 0.758 bits per heavy atom. The van der Waals surface area contributed by atoms with Gasteiger partial charge >= 0.3 is 5.97 Å². The number of nitrogens with zero attached hydrogens (tertiary/aromatic N) is 1. The molecule has 0 N–H and O–H groups in total. The van der Waals surface area contributed by atoms with Crippen LogP contribution >= 0.6 is 12.4 Å². The second-order valence-corrected chi connectivity index (χ2v) is 10.1. The Morgan fingerprint density at radius 2 is 1.24 bits per heavy atom. The van der Waals surface area contributed by atoms with E-state index in [0.29, 0.717) is 11.1 Å². The Labute approximate surface area is 211 Å². The zero-order valence-electron chi connectivity index (χ0n) is 22.2. The van der Waals surface area contributed by atoms with Crippen LogP contribution in [0.25, 0.3) is 0 Å². The van der Waals surface area contributed by atoms with Crippen molar-refractivity contribution in [1.29, 1.82) is 0 Å². The van der Waals surface area contributed by atoms with E-state index < -0.39 is 0 Å². The van der Waals surface area contributed by atoms with E-state index in [4.69, 9.17) is 4.74 Å². The molecule has 0 amide bonds. The number of unbranched alkanes of at least 4 members (excludes halogenated alkanes) is 12. The van der Waals surface area contributed by atoms with Gasteiger partial charge in [-0.05, 0) is 12.8 Å². The summed E-state index contributed by atoms with van der Waals surface area (Å²) in [4.78, 5) is 13.1. The largest absolute Gasteiger partial charge is 0.461 e. The Balaban J connectivity index is 0.0000102. The number of carbonyl (C=O) groups excluding carboxylic acids is 1. The maximum atomic E-state index is 13.1. The molecule has 0 heterocycles. The van der Waals surface area contributed by atoms with Gasteiger partial charge in [-0.2, -0.15) is 0 Å². The third-order valence-corrected chi connectivity index (χ3v) is 6.62. The molecule has 1 unspecified atom stereocenters. The van der Waals surface area contributed by atoms with Crippen LogP contribution in [0.4, 0.5) is 0 Å². The first-order chi connectivity index (χ1) is 15.5. The van der Waals surface area contributed by atoms with Crippen molar-refractivity contribution < 1.29 is 14.0 Å². The standard InChI is InChI=1S/C29H52NO2.ClH/c1-5-7-9-11-13-14-15-20-24-28(29(31)32-25-21-16-12-10-8-6-2)30(3,4)26-27-22-18-17-19-23-27;/h17-19,22-23,28H,5-16,20-21,24-26H2,1-4H3;1H/q+1;. The SMILES string of the molecule is CCCCCCCCCCC(C(=O)OCCCCCCCC)[N+](C)(C)Cc1ccccc1.Cl. The summed E-state index contributed by atoms with van der Waals surface area (Å²) >= 11 is 0. The Hall–Kier alpha value is -1.06. The number of benzene rings is 1. The van der Waals surface area contributed by atoms with Gasteiger partial charge in [0.2, 0.25) is 0 Å². The second-order valence-electron chi connectivity index (χ2n) is 10.1. The van der Waals surface area contributed by atoms with Gasteiger partial charge in [0.05, 0.1) is 20.7 Å². The molecule has 0 saturated heterocycles. The number of esters is 1. The van der Waals surface area contributed by atoms with Gasteiger partial charge in [-0.25, -0.2) is 4.79 Å². The van der Waals surface area contributed by atoms with Crippen molar-refractivity contribution >= 4 is 18.4 Å². The van der Waals surface area contributed by atoms with Crippen LogP contribution in [0, 0.1) is 0 Å². The quantitative estimate of drug-likeness (QED) is 0.106. The highest BCUT2D eigenvalue weighted by atomic mass is 35.5. The fraction of sp³-hybridized carbons (Fsp3) is 0.759. The molecule has 1 aromatic carbocycles. The molecule has 33 heavy (non-hydrogen) atoms. The maximum Gasteiger partial charge on any atom is 0.364 e. The summed E-state index contributed by atoms with van der Waals surface area (Å²) in [7, 11) is 4.38. The minimum Gasteiger partial charge on any atom is -0.461 e. The summed E-state index contributed by atoms with van der Waals surface area (Å²) < 4.78 is 6.47. The fourth-order valence-corrected chi connectivity index (χ4v) is 4.54. The fourth-order valence-electron chi connectivity index (χ4n) is 4.54. The number of rotatable bonds is 20. The highest BCUT2D eigenvalue weighted by Crippen LogP contribution is 2.21.